The van der Waals surface area contributed by atoms with Gasteiger partial charge in [-0.15, -0.1) is 0 Å². The van der Waals surface area contributed by atoms with E-state index in [4.69, 9.17) is 27.8 Å². The number of unbranched alkanes of at least 4 members (excludes halogenated alkanes) is 13. The Morgan fingerprint density at radius 1 is 0.554 bits per heavy atom. The Morgan fingerprint density at radius 2 is 1.03 bits per heavy atom. The van der Waals surface area contributed by atoms with Gasteiger partial charge in [-0.05, 0) is 99.3 Å². The van der Waals surface area contributed by atoms with Gasteiger partial charge in [0.25, 0.3) is 0 Å². The van der Waals surface area contributed by atoms with Crippen molar-refractivity contribution in [3.8, 4) is 0 Å². The van der Waals surface area contributed by atoms with E-state index < -0.39 is 37.2 Å². The van der Waals surface area contributed by atoms with Crippen molar-refractivity contribution >= 4 is 19.9 Å². The monoisotopic (exact) mass is 932 g/mol. The molecular formula is C54H94NO9P. The van der Waals surface area contributed by atoms with E-state index >= 15 is 0 Å². The highest BCUT2D eigenvalue weighted by molar-refractivity contribution is 7.48. The number of carbonyl (C=O) groups is 2. The second-order valence-electron chi connectivity index (χ2n) is 18.3. The van der Waals surface area contributed by atoms with Crippen molar-refractivity contribution in [2.24, 2.45) is 0 Å². The maximum absolute atomic E-state index is 13.8. The Labute approximate surface area is 397 Å². The number of nitrogens with one attached hydrogen (secondary N) is 1. The minimum Gasteiger partial charge on any atom is -0.457 e. The van der Waals surface area contributed by atoms with Crippen molar-refractivity contribution < 1.29 is 41.9 Å². The summed E-state index contributed by atoms with van der Waals surface area (Å²) < 4.78 is 47.7. The van der Waals surface area contributed by atoms with Crippen LogP contribution in [0.5, 0.6) is 0 Å². The molecule has 0 aromatic rings. The number of ether oxygens (including phenoxy) is 3. The third-order valence-corrected chi connectivity index (χ3v) is 11.1. The average molecular weight is 932 g/mol. The van der Waals surface area contributed by atoms with Crippen LogP contribution in [0.25, 0.3) is 0 Å². The molecule has 1 N–H and O–H groups in total. The molecule has 0 aliphatic carbocycles. The largest absolute Gasteiger partial charge is 0.475 e. The van der Waals surface area contributed by atoms with Gasteiger partial charge in [-0.1, -0.05) is 176 Å². The van der Waals surface area contributed by atoms with Gasteiger partial charge < -0.3 is 19.5 Å². The summed E-state index contributed by atoms with van der Waals surface area (Å²) >= 11 is 0. The summed E-state index contributed by atoms with van der Waals surface area (Å²) in [6.07, 6.45) is 52.9. The lowest BCUT2D eigenvalue weighted by atomic mass is 10.0. The number of carbonyl (C=O) groups excluding carboxylic acids is 2. The van der Waals surface area contributed by atoms with E-state index in [1.54, 1.807) is 41.5 Å². The molecule has 0 aliphatic rings. The molecule has 0 radical (unpaired) electrons. The van der Waals surface area contributed by atoms with Crippen molar-refractivity contribution in [2.75, 3.05) is 33.0 Å². The van der Waals surface area contributed by atoms with E-state index in [1.807, 2.05) is 18.2 Å². The topological polar surface area (TPSA) is 119 Å². The summed E-state index contributed by atoms with van der Waals surface area (Å²) in [5, 5.41) is 2.57. The highest BCUT2D eigenvalue weighted by atomic mass is 31.2. The lowest BCUT2D eigenvalue weighted by molar-refractivity contribution is -0.154. The third kappa shape index (κ3) is 47.3. The summed E-state index contributed by atoms with van der Waals surface area (Å²) in [6.45, 7) is 14.8. The minimum absolute atomic E-state index is 0.0114. The lowest BCUT2D eigenvalue weighted by Gasteiger charge is -2.27. The fourth-order valence-electron chi connectivity index (χ4n) is 6.16. The molecule has 0 aromatic heterocycles. The SMILES string of the molecule is CC/C=C\C/C=C\C/C=C\C/C=C\C/C=C\C/C=C\CCC(=O)O[C@@H](COC/C=C/CCCCCCCCCCCCCCC)COP(=O)(OCCNC(=O)OC(C)(C)C)OC(C)(C)C. The molecule has 0 spiro atoms. The summed E-state index contributed by atoms with van der Waals surface area (Å²) in [6, 6.07) is 0. The van der Waals surface area contributed by atoms with Crippen LogP contribution >= 0.6 is 7.82 Å². The molecule has 0 saturated carbocycles. The first-order valence-corrected chi connectivity index (χ1v) is 26.5. The van der Waals surface area contributed by atoms with Gasteiger partial charge in [-0.2, -0.15) is 0 Å². The zero-order valence-corrected chi connectivity index (χ0v) is 43.3. The lowest BCUT2D eigenvalue weighted by Crippen LogP contribution is -2.34. The van der Waals surface area contributed by atoms with E-state index in [0.717, 1.165) is 51.4 Å². The standard InChI is InChI=1S/C54H94NO9P/c1-9-11-13-15-17-19-21-23-25-27-28-29-30-32-34-36-38-40-42-44-51(56)62-50(48-59-46-43-41-39-37-35-33-31-26-24-22-20-18-16-14-12-10-2)49-61-65(58,64-54(6,7)8)60-47-45-55-52(57)63-53(3,4)5/h11,13,17,19,23,25,28-29,32,34,38,40-41,43,50H,9-10,12,14-16,18,20-22,24,26-27,30-31,33,35-37,39,42,44-49H2,1-8H3,(H,55,57)/b13-11-,19-17-,25-23-,29-28-,34-32-,40-38-,43-41+/t50-,65?/m0/s1. The molecule has 0 aliphatic heterocycles. The molecule has 1 unspecified atom stereocenters. The predicted octanol–water partition coefficient (Wildman–Crippen LogP) is 15.9. The quantitative estimate of drug-likeness (QED) is 0.0277. The Kier molecular flexibility index (Phi) is 40.4. The van der Waals surface area contributed by atoms with Gasteiger partial charge in [0, 0.05) is 13.0 Å². The van der Waals surface area contributed by atoms with Crippen LogP contribution < -0.4 is 5.32 Å². The molecule has 2 atom stereocenters. The van der Waals surface area contributed by atoms with Crippen LogP contribution in [0.3, 0.4) is 0 Å². The number of rotatable bonds is 41. The number of alkyl carbamates (subject to hydrolysis) is 1. The molecule has 0 bridgehead atoms. The molecule has 1 amide bonds. The van der Waals surface area contributed by atoms with Gasteiger partial charge in [0.2, 0.25) is 0 Å². The van der Waals surface area contributed by atoms with E-state index in [1.165, 1.54) is 77.0 Å². The Bertz CT molecular complexity index is 1420. The van der Waals surface area contributed by atoms with Crippen LogP contribution in [0.1, 0.15) is 197 Å². The van der Waals surface area contributed by atoms with Gasteiger partial charge in [0.15, 0.2) is 0 Å². The summed E-state index contributed by atoms with van der Waals surface area (Å²) in [5.41, 5.74) is -1.55. The van der Waals surface area contributed by atoms with Crippen molar-refractivity contribution in [2.45, 2.75) is 214 Å². The number of esters is 1. The smallest absolute Gasteiger partial charge is 0.457 e. The molecule has 0 rings (SSSR count). The second-order valence-corrected chi connectivity index (χ2v) is 19.9. The maximum Gasteiger partial charge on any atom is 0.475 e. The number of phosphoric ester groups is 1. The molecule has 65 heavy (non-hydrogen) atoms. The number of hydrogen-bond donors (Lipinski definition) is 1. The van der Waals surface area contributed by atoms with Crippen LogP contribution in [0.15, 0.2) is 85.1 Å². The first kappa shape index (κ1) is 62.0. The van der Waals surface area contributed by atoms with Gasteiger partial charge in [-0.3, -0.25) is 18.4 Å². The zero-order valence-electron chi connectivity index (χ0n) is 42.4. The van der Waals surface area contributed by atoms with Crippen molar-refractivity contribution in [1.82, 2.24) is 5.32 Å². The van der Waals surface area contributed by atoms with Crippen LogP contribution in [0.4, 0.5) is 4.79 Å². The van der Waals surface area contributed by atoms with Crippen LogP contribution in [0.2, 0.25) is 0 Å². The normalized spacial score (nSPS) is 14.3. The molecular weight excluding hydrogens is 838 g/mol. The molecule has 374 valence electrons. The second kappa shape index (κ2) is 42.4. The maximum atomic E-state index is 13.8. The van der Waals surface area contributed by atoms with Gasteiger partial charge in [-0.25, -0.2) is 9.36 Å². The van der Waals surface area contributed by atoms with E-state index in [-0.39, 0.29) is 32.8 Å². The first-order chi connectivity index (χ1) is 31.2. The molecule has 10 nitrogen and oxygen atoms in total. The fraction of sp³-hybridized carbons (Fsp3) is 0.704. The molecule has 0 saturated heterocycles. The molecule has 0 heterocycles. The van der Waals surface area contributed by atoms with Crippen molar-refractivity contribution in [3.05, 3.63) is 85.1 Å². The first-order valence-electron chi connectivity index (χ1n) is 25.1. The fourth-order valence-corrected chi connectivity index (χ4v) is 7.67. The van der Waals surface area contributed by atoms with E-state index in [2.05, 4.69) is 86.0 Å². The molecule has 11 heteroatoms. The molecule has 0 aromatic carbocycles. The summed E-state index contributed by atoms with van der Waals surface area (Å²) in [5.74, 6) is -0.422. The zero-order chi connectivity index (χ0) is 48.2. The van der Waals surface area contributed by atoms with Crippen molar-refractivity contribution in [1.29, 1.82) is 0 Å². The number of hydrogen-bond acceptors (Lipinski definition) is 9. The summed E-state index contributed by atoms with van der Waals surface area (Å²) in [7, 11) is -4.16. The van der Waals surface area contributed by atoms with Gasteiger partial charge >= 0.3 is 19.9 Å². The van der Waals surface area contributed by atoms with E-state index in [0.29, 0.717) is 13.0 Å². The summed E-state index contributed by atoms with van der Waals surface area (Å²) in [4.78, 5) is 25.0. The average Bonchev–Trinajstić information content (AvgIpc) is 3.23. The highest BCUT2D eigenvalue weighted by Gasteiger charge is 2.34. The van der Waals surface area contributed by atoms with Gasteiger partial charge in [0.05, 0.1) is 32.0 Å². The number of allylic oxidation sites excluding steroid dienone is 13. The van der Waals surface area contributed by atoms with Crippen molar-refractivity contribution in [3.63, 3.8) is 0 Å². The van der Waals surface area contributed by atoms with Crippen LogP contribution in [-0.2, 0) is 37.1 Å². The Balaban J connectivity index is 4.94. The number of phosphoric acid groups is 1. The van der Waals surface area contributed by atoms with Crippen LogP contribution in [0, 0.1) is 0 Å². The molecule has 0 fully saturated rings. The third-order valence-electron chi connectivity index (χ3n) is 9.39. The van der Waals surface area contributed by atoms with Crippen LogP contribution in [-0.4, -0.2) is 62.3 Å². The van der Waals surface area contributed by atoms with Gasteiger partial charge in [0.1, 0.15) is 11.7 Å². The van der Waals surface area contributed by atoms with E-state index in [9.17, 15) is 14.2 Å². The predicted molar refractivity (Wildman–Crippen MR) is 272 cm³/mol. The minimum atomic E-state index is -4.16. The number of amides is 1. The Morgan fingerprint density at radius 3 is 1.52 bits per heavy atom. The highest BCUT2D eigenvalue weighted by Crippen LogP contribution is 2.52. The Hall–Kier alpha value is -3.01.